The Kier molecular flexibility index (Phi) is 3.31. The molecule has 0 aliphatic carbocycles. The predicted molar refractivity (Wildman–Crippen MR) is 88.4 cm³/mol. The highest BCUT2D eigenvalue weighted by Gasteiger charge is 2.56. The topological polar surface area (TPSA) is 78.5 Å². The molecule has 3 amide bonds. The van der Waals surface area contributed by atoms with E-state index in [9.17, 15) is 18.8 Å². The van der Waals surface area contributed by atoms with Crippen LogP contribution in [0.5, 0.6) is 0 Å². The van der Waals surface area contributed by atoms with E-state index in [1.807, 2.05) is 0 Å². The third kappa shape index (κ3) is 2.27. The van der Waals surface area contributed by atoms with Gasteiger partial charge in [-0.3, -0.25) is 19.3 Å². The highest BCUT2D eigenvalue weighted by molar-refractivity contribution is 6.18. The Hall–Kier alpha value is -3.22. The number of rotatable bonds is 2. The quantitative estimate of drug-likeness (QED) is 0.879. The lowest BCUT2D eigenvalue weighted by atomic mass is 9.98. The number of fused-ring (bicyclic) bond motifs is 3. The summed E-state index contributed by atoms with van der Waals surface area (Å²) in [5, 5.41) is 5.35. The zero-order valence-electron chi connectivity index (χ0n) is 13.1. The molecule has 2 aromatic rings. The second kappa shape index (κ2) is 5.41. The van der Waals surface area contributed by atoms with E-state index in [0.29, 0.717) is 16.9 Å². The molecule has 2 heterocycles. The number of nitrogens with one attached hydrogen (secondary N) is 2. The molecular formula is C18H14FN3O3. The van der Waals surface area contributed by atoms with Crippen LogP contribution < -0.4 is 15.5 Å². The molecule has 0 aromatic heterocycles. The largest absolute Gasteiger partial charge is 0.322 e. The highest BCUT2D eigenvalue weighted by Crippen LogP contribution is 2.39. The summed E-state index contributed by atoms with van der Waals surface area (Å²) in [5.41, 5.74) is -0.323. The number of para-hydroxylation sites is 1. The number of hydrogen-bond donors (Lipinski definition) is 2. The monoisotopic (exact) mass is 339 g/mol. The second-order valence-electron chi connectivity index (χ2n) is 6.02. The summed E-state index contributed by atoms with van der Waals surface area (Å²) in [6, 6.07) is 12.0. The number of hydrogen-bond acceptors (Lipinski definition) is 3. The lowest BCUT2D eigenvalue weighted by molar-refractivity contribution is -0.124. The summed E-state index contributed by atoms with van der Waals surface area (Å²) in [6.07, 6.45) is 0.310. The number of carbonyl (C=O) groups excluding carboxylic acids is 3. The van der Waals surface area contributed by atoms with Crippen LogP contribution in [0.4, 0.5) is 15.8 Å². The van der Waals surface area contributed by atoms with Gasteiger partial charge in [0.05, 0.1) is 11.3 Å². The van der Waals surface area contributed by atoms with E-state index in [-0.39, 0.29) is 18.7 Å². The molecule has 6 nitrogen and oxygen atoms in total. The van der Waals surface area contributed by atoms with Crippen molar-refractivity contribution in [1.82, 2.24) is 5.32 Å². The van der Waals surface area contributed by atoms with E-state index in [0.717, 1.165) is 0 Å². The summed E-state index contributed by atoms with van der Waals surface area (Å²) in [7, 11) is 0. The fraction of sp³-hybridized carbons (Fsp3) is 0.167. The summed E-state index contributed by atoms with van der Waals surface area (Å²) in [5.74, 6) is -1.60. The maximum atomic E-state index is 13.0. The first-order valence-electron chi connectivity index (χ1n) is 7.83. The fourth-order valence-corrected chi connectivity index (χ4v) is 3.34. The lowest BCUT2D eigenvalue weighted by Gasteiger charge is -2.41. The molecule has 0 unspecified atom stereocenters. The van der Waals surface area contributed by atoms with Crippen LogP contribution in [0.3, 0.4) is 0 Å². The van der Waals surface area contributed by atoms with Crippen LogP contribution in [0.2, 0.25) is 0 Å². The normalized spacial score (nSPS) is 21.4. The van der Waals surface area contributed by atoms with Crippen molar-refractivity contribution >= 4 is 29.1 Å². The zero-order valence-corrected chi connectivity index (χ0v) is 13.1. The molecule has 7 heteroatoms. The summed E-state index contributed by atoms with van der Waals surface area (Å²) in [4.78, 5) is 39.2. The SMILES string of the molecule is O=C1N[C@@]2(C(=O)Nc3ccc(F)cc3)CCC(=O)N2c2ccccc21. The van der Waals surface area contributed by atoms with Crippen LogP contribution in [-0.2, 0) is 9.59 Å². The van der Waals surface area contributed by atoms with Gasteiger partial charge >= 0.3 is 0 Å². The van der Waals surface area contributed by atoms with E-state index in [1.165, 1.54) is 29.2 Å². The molecule has 1 saturated heterocycles. The molecule has 2 aliphatic rings. The molecule has 0 saturated carbocycles. The number of benzene rings is 2. The second-order valence-corrected chi connectivity index (χ2v) is 6.02. The average Bonchev–Trinajstić information content (AvgIpc) is 2.95. The minimum atomic E-state index is -1.48. The highest BCUT2D eigenvalue weighted by atomic mass is 19.1. The summed E-state index contributed by atoms with van der Waals surface area (Å²) >= 11 is 0. The van der Waals surface area contributed by atoms with Gasteiger partial charge in [0.15, 0.2) is 0 Å². The molecule has 2 aliphatic heterocycles. The maximum Gasteiger partial charge on any atom is 0.271 e. The zero-order chi connectivity index (χ0) is 17.6. The molecule has 0 radical (unpaired) electrons. The molecule has 1 fully saturated rings. The minimum absolute atomic E-state index is 0.144. The van der Waals surface area contributed by atoms with Gasteiger partial charge in [0.25, 0.3) is 11.8 Å². The summed E-state index contributed by atoms with van der Waals surface area (Å²) in [6.45, 7) is 0. The first-order valence-corrected chi connectivity index (χ1v) is 7.83. The number of carbonyl (C=O) groups is 3. The van der Waals surface area contributed by atoms with Gasteiger partial charge in [0, 0.05) is 18.5 Å². The van der Waals surface area contributed by atoms with Gasteiger partial charge in [-0.2, -0.15) is 0 Å². The van der Waals surface area contributed by atoms with Crippen LogP contribution in [0.1, 0.15) is 23.2 Å². The Bertz CT molecular complexity index is 897. The van der Waals surface area contributed by atoms with Gasteiger partial charge in [0.1, 0.15) is 5.82 Å². The molecule has 126 valence electrons. The fourth-order valence-electron chi connectivity index (χ4n) is 3.34. The van der Waals surface area contributed by atoms with Crippen LogP contribution >= 0.6 is 0 Å². The molecule has 4 rings (SSSR count). The predicted octanol–water partition coefficient (Wildman–Crippen LogP) is 2.03. The Morgan fingerprint density at radius 2 is 1.84 bits per heavy atom. The number of halogens is 1. The van der Waals surface area contributed by atoms with Crippen molar-refractivity contribution in [3.05, 3.63) is 59.9 Å². The van der Waals surface area contributed by atoms with Crippen molar-refractivity contribution in [2.45, 2.75) is 18.5 Å². The lowest BCUT2D eigenvalue weighted by Crippen LogP contribution is -2.68. The standard InChI is InChI=1S/C18H14FN3O3/c19-11-5-7-12(8-6-11)20-17(25)18-10-9-15(23)22(18)14-4-2-1-3-13(14)16(24)21-18/h1-8H,9-10H2,(H,20,25)(H,21,24)/t18-/m0/s1. The van der Waals surface area contributed by atoms with E-state index in [1.54, 1.807) is 24.3 Å². The number of anilines is 2. The van der Waals surface area contributed by atoms with Gasteiger partial charge in [-0.15, -0.1) is 0 Å². The maximum absolute atomic E-state index is 13.0. The number of amides is 3. The Morgan fingerprint density at radius 1 is 1.12 bits per heavy atom. The molecule has 0 bridgehead atoms. The first-order chi connectivity index (χ1) is 12.0. The Morgan fingerprint density at radius 3 is 2.60 bits per heavy atom. The Balaban J connectivity index is 1.74. The molecule has 25 heavy (non-hydrogen) atoms. The van der Waals surface area contributed by atoms with Crippen LogP contribution in [-0.4, -0.2) is 23.4 Å². The first kappa shape index (κ1) is 15.3. The van der Waals surface area contributed by atoms with Gasteiger partial charge in [-0.05, 0) is 36.4 Å². The van der Waals surface area contributed by atoms with Crippen LogP contribution in [0.25, 0.3) is 0 Å². The van der Waals surface area contributed by atoms with Crippen molar-refractivity contribution in [2.24, 2.45) is 0 Å². The van der Waals surface area contributed by atoms with Crippen molar-refractivity contribution in [1.29, 1.82) is 0 Å². The van der Waals surface area contributed by atoms with Crippen molar-refractivity contribution in [3.63, 3.8) is 0 Å². The Labute approximate surface area is 142 Å². The molecule has 0 spiro atoms. The van der Waals surface area contributed by atoms with Crippen LogP contribution in [0, 0.1) is 5.82 Å². The van der Waals surface area contributed by atoms with Gasteiger partial charge in [0.2, 0.25) is 11.6 Å². The van der Waals surface area contributed by atoms with E-state index >= 15 is 0 Å². The van der Waals surface area contributed by atoms with Crippen molar-refractivity contribution in [3.8, 4) is 0 Å². The van der Waals surface area contributed by atoms with Crippen molar-refractivity contribution < 1.29 is 18.8 Å². The summed E-state index contributed by atoms with van der Waals surface area (Å²) < 4.78 is 13.0. The molecule has 2 aromatic carbocycles. The third-order valence-corrected chi connectivity index (χ3v) is 4.52. The van der Waals surface area contributed by atoms with Gasteiger partial charge < -0.3 is 10.6 Å². The molecule has 1 atom stereocenters. The average molecular weight is 339 g/mol. The third-order valence-electron chi connectivity index (χ3n) is 4.52. The smallest absolute Gasteiger partial charge is 0.271 e. The molecule has 2 N–H and O–H groups in total. The number of nitrogens with zero attached hydrogens (tertiary/aromatic N) is 1. The van der Waals surface area contributed by atoms with Crippen molar-refractivity contribution in [2.75, 3.05) is 10.2 Å². The van der Waals surface area contributed by atoms with Crippen LogP contribution in [0.15, 0.2) is 48.5 Å². The van der Waals surface area contributed by atoms with E-state index in [4.69, 9.17) is 0 Å². The molecular weight excluding hydrogens is 325 g/mol. The van der Waals surface area contributed by atoms with E-state index in [2.05, 4.69) is 10.6 Å². The van der Waals surface area contributed by atoms with Gasteiger partial charge in [-0.25, -0.2) is 4.39 Å². The van der Waals surface area contributed by atoms with Gasteiger partial charge in [-0.1, -0.05) is 12.1 Å². The van der Waals surface area contributed by atoms with E-state index < -0.39 is 23.3 Å². The minimum Gasteiger partial charge on any atom is -0.322 e.